The molecular weight excluding hydrogens is 354 g/mol. The number of oxime groups is 1. The Labute approximate surface area is 155 Å². The molecule has 0 spiro atoms. The van der Waals surface area contributed by atoms with Crippen molar-refractivity contribution in [3.8, 4) is 11.5 Å². The van der Waals surface area contributed by atoms with E-state index >= 15 is 0 Å². The number of carbonyl (C=O) groups is 1. The van der Waals surface area contributed by atoms with Crippen molar-refractivity contribution in [1.82, 2.24) is 0 Å². The molecule has 0 fully saturated rings. The van der Waals surface area contributed by atoms with E-state index in [-0.39, 0.29) is 11.3 Å². The SMILES string of the molecule is COc1ccc(NC(=O)C(C)O/N=C/c2ccccc2[N+](=O)[O-])cc1OC. The lowest BCUT2D eigenvalue weighted by Gasteiger charge is -2.13. The van der Waals surface area contributed by atoms with Gasteiger partial charge >= 0.3 is 0 Å². The first-order valence-corrected chi connectivity index (χ1v) is 7.91. The minimum absolute atomic E-state index is 0.104. The summed E-state index contributed by atoms with van der Waals surface area (Å²) in [5, 5.41) is 17.3. The average molecular weight is 373 g/mol. The fraction of sp³-hybridized carbons (Fsp3) is 0.222. The summed E-state index contributed by atoms with van der Waals surface area (Å²) in [4.78, 5) is 27.7. The molecule has 0 heterocycles. The maximum atomic E-state index is 12.2. The molecule has 27 heavy (non-hydrogen) atoms. The number of methoxy groups -OCH3 is 2. The van der Waals surface area contributed by atoms with Crippen LogP contribution in [0, 0.1) is 10.1 Å². The third kappa shape index (κ3) is 5.18. The fourth-order valence-electron chi connectivity index (χ4n) is 2.15. The van der Waals surface area contributed by atoms with Gasteiger partial charge in [0.15, 0.2) is 11.5 Å². The lowest BCUT2D eigenvalue weighted by molar-refractivity contribution is -0.385. The Kier molecular flexibility index (Phi) is 6.70. The Hall–Kier alpha value is -3.62. The van der Waals surface area contributed by atoms with Gasteiger partial charge in [0.25, 0.3) is 11.6 Å². The molecule has 0 aliphatic rings. The van der Waals surface area contributed by atoms with E-state index in [1.54, 1.807) is 30.3 Å². The monoisotopic (exact) mass is 373 g/mol. The number of anilines is 1. The smallest absolute Gasteiger partial charge is 0.278 e. The topological polar surface area (TPSA) is 112 Å². The molecule has 0 saturated heterocycles. The highest BCUT2D eigenvalue weighted by molar-refractivity contribution is 5.94. The van der Waals surface area contributed by atoms with Crippen LogP contribution in [-0.4, -0.2) is 37.4 Å². The largest absolute Gasteiger partial charge is 0.493 e. The summed E-state index contributed by atoms with van der Waals surface area (Å²) in [6.45, 7) is 1.51. The van der Waals surface area contributed by atoms with Crippen molar-refractivity contribution in [3.05, 3.63) is 58.1 Å². The first-order chi connectivity index (χ1) is 13.0. The highest BCUT2D eigenvalue weighted by Gasteiger charge is 2.16. The molecular formula is C18H19N3O6. The zero-order valence-electron chi connectivity index (χ0n) is 15.0. The number of hydrogen-bond donors (Lipinski definition) is 1. The minimum Gasteiger partial charge on any atom is -0.493 e. The number of para-hydroxylation sites is 1. The van der Waals surface area contributed by atoms with E-state index in [1.807, 2.05) is 0 Å². The van der Waals surface area contributed by atoms with E-state index in [9.17, 15) is 14.9 Å². The van der Waals surface area contributed by atoms with Crippen molar-refractivity contribution < 1.29 is 24.0 Å². The minimum atomic E-state index is -0.919. The molecule has 0 bridgehead atoms. The van der Waals surface area contributed by atoms with Crippen molar-refractivity contribution in [2.75, 3.05) is 19.5 Å². The second-order valence-corrected chi connectivity index (χ2v) is 5.36. The van der Waals surface area contributed by atoms with Crippen molar-refractivity contribution in [3.63, 3.8) is 0 Å². The molecule has 2 aromatic carbocycles. The Morgan fingerprint density at radius 3 is 2.56 bits per heavy atom. The van der Waals surface area contributed by atoms with Crippen LogP contribution < -0.4 is 14.8 Å². The van der Waals surface area contributed by atoms with Crippen molar-refractivity contribution in [2.24, 2.45) is 5.16 Å². The van der Waals surface area contributed by atoms with Crippen LogP contribution in [0.1, 0.15) is 12.5 Å². The average Bonchev–Trinajstić information content (AvgIpc) is 2.67. The predicted molar refractivity (Wildman–Crippen MR) is 99.4 cm³/mol. The van der Waals surface area contributed by atoms with Gasteiger partial charge in [-0.15, -0.1) is 0 Å². The molecule has 1 amide bonds. The van der Waals surface area contributed by atoms with Crippen LogP contribution in [0.4, 0.5) is 11.4 Å². The Bertz CT molecular complexity index is 853. The van der Waals surface area contributed by atoms with Crippen LogP contribution in [0.3, 0.4) is 0 Å². The molecule has 0 saturated carbocycles. The van der Waals surface area contributed by atoms with Crippen LogP contribution in [0.15, 0.2) is 47.6 Å². The first-order valence-electron chi connectivity index (χ1n) is 7.91. The molecule has 142 valence electrons. The van der Waals surface area contributed by atoms with Gasteiger partial charge in [0.05, 0.1) is 30.9 Å². The normalized spacial score (nSPS) is 11.7. The standard InChI is InChI=1S/C18H19N3O6/c1-12(27-19-11-13-6-4-5-7-15(13)21(23)24)18(22)20-14-8-9-16(25-2)17(10-14)26-3/h4-12H,1-3H3,(H,20,22)/b19-11+. The number of nitro benzene ring substituents is 1. The zero-order chi connectivity index (χ0) is 19.8. The highest BCUT2D eigenvalue weighted by Crippen LogP contribution is 2.29. The number of rotatable bonds is 8. The quantitative estimate of drug-likeness (QED) is 0.432. The molecule has 0 aromatic heterocycles. The summed E-state index contributed by atoms with van der Waals surface area (Å²) < 4.78 is 10.3. The molecule has 1 atom stereocenters. The van der Waals surface area contributed by atoms with E-state index in [1.165, 1.54) is 39.5 Å². The Balaban J connectivity index is 1.99. The van der Waals surface area contributed by atoms with E-state index in [4.69, 9.17) is 14.3 Å². The van der Waals surface area contributed by atoms with Gasteiger partial charge in [0, 0.05) is 17.8 Å². The van der Waals surface area contributed by atoms with Crippen LogP contribution in [0.2, 0.25) is 0 Å². The number of hydrogen-bond acceptors (Lipinski definition) is 7. The van der Waals surface area contributed by atoms with Crippen LogP contribution in [0.5, 0.6) is 11.5 Å². The Morgan fingerprint density at radius 1 is 1.19 bits per heavy atom. The van der Waals surface area contributed by atoms with Gasteiger partial charge < -0.3 is 19.6 Å². The maximum Gasteiger partial charge on any atom is 0.278 e. The molecule has 0 aliphatic heterocycles. The molecule has 0 radical (unpaired) electrons. The van der Waals surface area contributed by atoms with Gasteiger partial charge in [-0.25, -0.2) is 0 Å². The number of carbonyl (C=O) groups excluding carboxylic acids is 1. The highest BCUT2D eigenvalue weighted by atomic mass is 16.6. The van der Waals surface area contributed by atoms with Crippen molar-refractivity contribution in [2.45, 2.75) is 13.0 Å². The van der Waals surface area contributed by atoms with Crippen molar-refractivity contribution >= 4 is 23.5 Å². The third-order valence-electron chi connectivity index (χ3n) is 3.56. The van der Waals surface area contributed by atoms with Gasteiger partial charge in [0.1, 0.15) is 0 Å². The van der Waals surface area contributed by atoms with Crippen LogP contribution in [-0.2, 0) is 9.63 Å². The maximum absolute atomic E-state index is 12.2. The number of nitrogens with one attached hydrogen (secondary N) is 1. The van der Waals surface area contributed by atoms with Gasteiger partial charge in [-0.1, -0.05) is 17.3 Å². The molecule has 9 heteroatoms. The second kappa shape index (κ2) is 9.18. The zero-order valence-corrected chi connectivity index (χ0v) is 15.0. The molecule has 1 N–H and O–H groups in total. The molecule has 0 aliphatic carbocycles. The number of ether oxygens (including phenoxy) is 2. The van der Waals surface area contributed by atoms with E-state index in [2.05, 4.69) is 10.5 Å². The molecule has 2 aromatic rings. The van der Waals surface area contributed by atoms with E-state index < -0.39 is 16.9 Å². The van der Waals surface area contributed by atoms with Gasteiger partial charge in [-0.2, -0.15) is 0 Å². The summed E-state index contributed by atoms with van der Waals surface area (Å²) in [7, 11) is 3.01. The van der Waals surface area contributed by atoms with Crippen LogP contribution >= 0.6 is 0 Å². The summed E-state index contributed by atoms with van der Waals surface area (Å²) >= 11 is 0. The fourth-order valence-corrected chi connectivity index (χ4v) is 2.15. The summed E-state index contributed by atoms with van der Waals surface area (Å²) in [6, 6.07) is 11.0. The lowest BCUT2D eigenvalue weighted by Crippen LogP contribution is -2.26. The summed E-state index contributed by atoms with van der Waals surface area (Å²) in [5.41, 5.74) is 0.665. The summed E-state index contributed by atoms with van der Waals surface area (Å²) in [5.74, 6) is 0.564. The van der Waals surface area contributed by atoms with Gasteiger partial charge in [0.2, 0.25) is 6.10 Å². The number of benzene rings is 2. The van der Waals surface area contributed by atoms with E-state index in [0.717, 1.165) is 0 Å². The van der Waals surface area contributed by atoms with E-state index in [0.29, 0.717) is 17.2 Å². The number of amides is 1. The first kappa shape index (κ1) is 19.7. The molecule has 2 rings (SSSR count). The van der Waals surface area contributed by atoms with Crippen LogP contribution in [0.25, 0.3) is 0 Å². The molecule has 9 nitrogen and oxygen atoms in total. The number of nitro groups is 1. The lowest BCUT2D eigenvalue weighted by atomic mass is 10.2. The third-order valence-corrected chi connectivity index (χ3v) is 3.56. The van der Waals surface area contributed by atoms with Gasteiger partial charge in [-0.3, -0.25) is 14.9 Å². The van der Waals surface area contributed by atoms with Gasteiger partial charge in [-0.05, 0) is 25.1 Å². The number of nitrogens with zero attached hydrogens (tertiary/aromatic N) is 2. The molecule has 1 unspecified atom stereocenters. The summed E-state index contributed by atoms with van der Waals surface area (Å²) in [6.07, 6.45) is 0.273. The van der Waals surface area contributed by atoms with Crippen molar-refractivity contribution in [1.29, 1.82) is 0 Å². The Morgan fingerprint density at radius 2 is 1.89 bits per heavy atom. The predicted octanol–water partition coefficient (Wildman–Crippen LogP) is 2.99. The second-order valence-electron chi connectivity index (χ2n) is 5.36.